The molecule has 2 aromatic heterocycles. The lowest BCUT2D eigenvalue weighted by Crippen LogP contribution is -2.17. The van der Waals surface area contributed by atoms with E-state index >= 15 is 0 Å². The van der Waals surface area contributed by atoms with Crippen LogP contribution in [0.1, 0.15) is 23.0 Å². The zero-order chi connectivity index (χ0) is 26.4. The van der Waals surface area contributed by atoms with Crippen LogP contribution in [0.4, 0.5) is 23.2 Å². The number of aromatic hydroxyl groups is 1. The maximum Gasteiger partial charge on any atom is 0.434 e. The molecule has 9 nitrogen and oxygen atoms in total. The van der Waals surface area contributed by atoms with Gasteiger partial charge in [0, 0.05) is 18.6 Å². The van der Waals surface area contributed by atoms with Crippen LogP contribution >= 0.6 is 11.6 Å². The predicted molar refractivity (Wildman–Crippen MR) is 117 cm³/mol. The largest absolute Gasteiger partial charge is 0.508 e. The number of halogens is 5. The Labute approximate surface area is 203 Å². The number of phenols is 1. The second-order valence-electron chi connectivity index (χ2n) is 7.36. The molecular formula is C22H13ClF4N4O5. The quantitative estimate of drug-likeness (QED) is 0.236. The number of nitrogens with one attached hydrogen (secondary N) is 1. The van der Waals surface area contributed by atoms with Gasteiger partial charge in [-0.2, -0.15) is 18.3 Å². The van der Waals surface area contributed by atoms with Crippen molar-refractivity contribution in [3.05, 3.63) is 64.7 Å². The molecule has 0 aliphatic rings. The van der Waals surface area contributed by atoms with Crippen LogP contribution in [0.15, 0.2) is 47.1 Å². The van der Waals surface area contributed by atoms with Crippen molar-refractivity contribution < 1.29 is 41.9 Å². The summed E-state index contributed by atoms with van der Waals surface area (Å²) in [7, 11) is 0. The topological polar surface area (TPSA) is 130 Å². The number of carbonyl (C=O) groups is 2. The zero-order valence-corrected chi connectivity index (χ0v) is 18.6. The number of aromatic nitrogens is 3. The number of amides is 1. The number of aromatic carboxylic acids is 1. The van der Waals surface area contributed by atoms with Crippen molar-refractivity contribution in [3.63, 3.8) is 0 Å². The van der Waals surface area contributed by atoms with Gasteiger partial charge in [-0.05, 0) is 30.3 Å². The summed E-state index contributed by atoms with van der Waals surface area (Å²) in [6.07, 6.45) is -4.42. The number of carboxylic acids is 1. The average molecular weight is 525 g/mol. The Morgan fingerprint density at radius 3 is 2.47 bits per heavy atom. The Morgan fingerprint density at radius 2 is 1.86 bits per heavy atom. The smallest absolute Gasteiger partial charge is 0.434 e. The molecule has 0 atom stereocenters. The molecule has 2 aromatic carbocycles. The van der Waals surface area contributed by atoms with Crippen molar-refractivity contribution in [2.24, 2.45) is 0 Å². The molecule has 36 heavy (non-hydrogen) atoms. The van der Waals surface area contributed by atoms with Crippen molar-refractivity contribution in [1.82, 2.24) is 14.9 Å². The predicted octanol–water partition coefficient (Wildman–Crippen LogP) is 5.37. The third kappa shape index (κ3) is 4.47. The summed E-state index contributed by atoms with van der Waals surface area (Å²) in [4.78, 5) is 23.6. The van der Waals surface area contributed by atoms with Crippen LogP contribution in [0.25, 0.3) is 28.3 Å². The molecule has 0 fully saturated rings. The number of hydrogen-bond donors (Lipinski definition) is 3. The number of phenolic OH excluding ortho intramolecular Hbond substituents is 1. The Morgan fingerprint density at radius 1 is 1.14 bits per heavy atom. The lowest BCUT2D eigenvalue weighted by Gasteiger charge is -2.15. The number of anilines is 1. The highest BCUT2D eigenvalue weighted by Gasteiger charge is 2.42. The van der Waals surface area contributed by atoms with Crippen LogP contribution < -0.4 is 5.32 Å². The Hall–Kier alpha value is -4.39. The van der Waals surface area contributed by atoms with Crippen LogP contribution in [0.3, 0.4) is 0 Å². The Balaban J connectivity index is 1.99. The van der Waals surface area contributed by atoms with Gasteiger partial charge in [0.1, 0.15) is 22.8 Å². The average Bonchev–Trinajstić information content (AvgIpc) is 3.39. The van der Waals surface area contributed by atoms with Crippen LogP contribution in [0.5, 0.6) is 5.75 Å². The van der Waals surface area contributed by atoms with Gasteiger partial charge in [0.05, 0.1) is 28.2 Å². The van der Waals surface area contributed by atoms with Crippen molar-refractivity contribution in [2.45, 2.75) is 13.1 Å². The Bertz CT molecular complexity index is 1510. The molecule has 0 radical (unpaired) electrons. The SMILES string of the molecule is CC(=O)Nc1ccc(O)cc1-n1ncc(-c2onc(-c3ccc(F)cc3Cl)c2C(=O)O)c1C(F)(F)F. The summed E-state index contributed by atoms with van der Waals surface area (Å²) < 4.78 is 61.8. The van der Waals surface area contributed by atoms with E-state index < -0.39 is 57.9 Å². The highest BCUT2D eigenvalue weighted by Crippen LogP contribution is 2.43. The van der Waals surface area contributed by atoms with E-state index in [0.29, 0.717) is 10.9 Å². The number of hydrogen-bond acceptors (Lipinski definition) is 6. The highest BCUT2D eigenvalue weighted by atomic mass is 35.5. The van der Waals surface area contributed by atoms with Crippen molar-refractivity contribution >= 4 is 29.2 Å². The summed E-state index contributed by atoms with van der Waals surface area (Å²) >= 11 is 5.99. The van der Waals surface area contributed by atoms with E-state index in [1.807, 2.05) is 0 Å². The lowest BCUT2D eigenvalue weighted by atomic mass is 10.0. The van der Waals surface area contributed by atoms with Gasteiger partial charge in [0.2, 0.25) is 5.91 Å². The van der Waals surface area contributed by atoms with E-state index in [-0.39, 0.29) is 22.0 Å². The molecule has 0 aliphatic carbocycles. The molecule has 1 amide bonds. The van der Waals surface area contributed by atoms with Crippen molar-refractivity contribution in [3.8, 4) is 34.0 Å². The third-order valence-electron chi connectivity index (χ3n) is 4.89. The van der Waals surface area contributed by atoms with Gasteiger partial charge < -0.3 is 20.1 Å². The van der Waals surface area contributed by atoms with Gasteiger partial charge in [-0.3, -0.25) is 4.79 Å². The van der Waals surface area contributed by atoms with Gasteiger partial charge in [0.25, 0.3) is 0 Å². The fourth-order valence-corrected chi connectivity index (χ4v) is 3.76. The summed E-state index contributed by atoms with van der Waals surface area (Å²) in [6.45, 7) is 1.13. The minimum atomic E-state index is -5.12. The second kappa shape index (κ2) is 9.00. The first-order valence-corrected chi connectivity index (χ1v) is 10.2. The molecule has 0 saturated heterocycles. The van der Waals surface area contributed by atoms with E-state index in [9.17, 15) is 37.4 Å². The molecule has 4 aromatic rings. The molecule has 14 heteroatoms. The fourth-order valence-electron chi connectivity index (χ4n) is 3.50. The second-order valence-corrected chi connectivity index (χ2v) is 7.77. The molecule has 0 aliphatic heterocycles. The van der Waals surface area contributed by atoms with Crippen molar-refractivity contribution in [2.75, 3.05) is 5.32 Å². The fraction of sp³-hybridized carbons (Fsp3) is 0.0909. The molecule has 0 spiro atoms. The number of rotatable bonds is 5. The summed E-state index contributed by atoms with van der Waals surface area (Å²) in [5.41, 5.74) is -4.04. The standard InChI is InChI=1S/C22H13ClF4N4O5/c1-9(32)29-15-5-3-11(33)7-16(15)31-20(22(25,26)27)13(8-28-31)19-17(21(34)35)18(30-36-19)12-4-2-10(24)6-14(12)23/h2-8,33H,1H3,(H,29,32)(H,34,35). The summed E-state index contributed by atoms with van der Waals surface area (Å²) in [6, 6.07) is 6.18. The summed E-state index contributed by atoms with van der Waals surface area (Å²) in [5, 5.41) is 29.1. The third-order valence-corrected chi connectivity index (χ3v) is 5.21. The van der Waals surface area contributed by atoms with Crippen LogP contribution in [0.2, 0.25) is 5.02 Å². The zero-order valence-electron chi connectivity index (χ0n) is 17.9. The van der Waals surface area contributed by atoms with E-state index in [0.717, 1.165) is 37.3 Å². The Kier molecular flexibility index (Phi) is 6.18. The number of carboxylic acid groups (broad SMARTS) is 1. The van der Waals surface area contributed by atoms with Gasteiger partial charge >= 0.3 is 12.1 Å². The molecule has 186 valence electrons. The summed E-state index contributed by atoms with van der Waals surface area (Å²) in [5.74, 6) is -4.25. The van der Waals surface area contributed by atoms with E-state index in [4.69, 9.17) is 16.1 Å². The van der Waals surface area contributed by atoms with Gasteiger partial charge in [0.15, 0.2) is 11.5 Å². The number of carbonyl (C=O) groups excluding carboxylic acids is 1. The number of nitrogens with zero attached hydrogens (tertiary/aromatic N) is 3. The minimum Gasteiger partial charge on any atom is -0.508 e. The maximum absolute atomic E-state index is 14.3. The van der Waals surface area contributed by atoms with Crippen LogP contribution in [-0.4, -0.2) is 37.0 Å². The van der Waals surface area contributed by atoms with Crippen molar-refractivity contribution in [1.29, 1.82) is 0 Å². The molecule has 0 bridgehead atoms. The molecular weight excluding hydrogens is 512 g/mol. The van der Waals surface area contributed by atoms with E-state index in [1.54, 1.807) is 0 Å². The minimum absolute atomic E-state index is 0.0904. The first kappa shape index (κ1) is 24.7. The first-order valence-electron chi connectivity index (χ1n) is 9.83. The normalized spacial score (nSPS) is 11.5. The van der Waals surface area contributed by atoms with Gasteiger partial charge in [-0.25, -0.2) is 13.9 Å². The van der Waals surface area contributed by atoms with Crippen LogP contribution in [0, 0.1) is 5.82 Å². The van der Waals surface area contributed by atoms with Crippen LogP contribution in [-0.2, 0) is 11.0 Å². The van der Waals surface area contributed by atoms with Gasteiger partial charge in [-0.1, -0.05) is 16.8 Å². The first-order chi connectivity index (χ1) is 16.9. The number of benzene rings is 2. The lowest BCUT2D eigenvalue weighted by molar-refractivity contribution is -0.142. The highest BCUT2D eigenvalue weighted by molar-refractivity contribution is 6.33. The van der Waals surface area contributed by atoms with Gasteiger partial charge in [-0.15, -0.1) is 0 Å². The molecule has 0 saturated carbocycles. The molecule has 4 rings (SSSR count). The molecule has 3 N–H and O–H groups in total. The van der Waals surface area contributed by atoms with E-state index in [1.165, 1.54) is 6.07 Å². The van der Waals surface area contributed by atoms with E-state index in [2.05, 4.69) is 15.6 Å². The molecule has 0 unspecified atom stereocenters. The molecule has 2 heterocycles. The monoisotopic (exact) mass is 524 g/mol. The number of alkyl halides is 3. The maximum atomic E-state index is 14.3.